The van der Waals surface area contributed by atoms with E-state index in [0.29, 0.717) is 23.0 Å². The Bertz CT molecular complexity index is 1910. The van der Waals surface area contributed by atoms with Crippen molar-refractivity contribution in [3.63, 3.8) is 0 Å². The Kier molecular flexibility index (Phi) is 13.3. The minimum atomic E-state index is -0.502. The average Bonchev–Trinajstić information content (AvgIpc) is 3.85. The Balaban J connectivity index is 1.70. The third kappa shape index (κ3) is 8.51. The lowest BCUT2D eigenvalue weighted by atomic mass is 9.86. The van der Waals surface area contributed by atoms with Crippen LogP contribution in [0, 0.1) is 23.5 Å². The summed E-state index contributed by atoms with van der Waals surface area (Å²) in [5, 5.41) is 1.03. The largest absolute Gasteiger partial charge is 0.207 e. The van der Waals surface area contributed by atoms with Crippen LogP contribution in [0.1, 0.15) is 121 Å². The summed E-state index contributed by atoms with van der Waals surface area (Å²) in [6.45, 7) is 19.1. The molecule has 2 atom stereocenters. The second-order valence-corrected chi connectivity index (χ2v) is 18.7. The zero-order chi connectivity index (χ0) is 36.2. The number of hydrogen-bond acceptors (Lipinski definition) is 4. The smallest absolute Gasteiger partial charge is 0.132 e. The van der Waals surface area contributed by atoms with Crippen molar-refractivity contribution in [1.82, 2.24) is 0 Å². The highest BCUT2D eigenvalue weighted by atomic mass is 32.1. The number of thiophene rings is 3. The van der Waals surface area contributed by atoms with Crippen molar-refractivity contribution in [2.75, 3.05) is 0 Å². The van der Waals surface area contributed by atoms with E-state index in [-0.39, 0.29) is 5.82 Å². The Hall–Kier alpha value is -2.25. The van der Waals surface area contributed by atoms with Gasteiger partial charge >= 0.3 is 0 Å². The molecule has 5 aromatic rings. The highest BCUT2D eigenvalue weighted by Crippen LogP contribution is 2.52. The first-order valence-corrected chi connectivity index (χ1v) is 21.5. The fourth-order valence-electron chi connectivity index (χ4n) is 7.10. The molecule has 2 unspecified atom stereocenters. The van der Waals surface area contributed by atoms with E-state index in [9.17, 15) is 0 Å². The molecule has 3 aromatic heterocycles. The summed E-state index contributed by atoms with van der Waals surface area (Å²) in [7, 11) is 0. The Labute approximate surface area is 317 Å². The Morgan fingerprint density at radius 1 is 0.740 bits per heavy atom. The van der Waals surface area contributed by atoms with Crippen LogP contribution in [0.2, 0.25) is 0 Å². The van der Waals surface area contributed by atoms with Crippen LogP contribution in [0.5, 0.6) is 0 Å². The molecule has 0 fully saturated rings. The van der Waals surface area contributed by atoms with Crippen LogP contribution >= 0.6 is 46.6 Å². The van der Waals surface area contributed by atoms with E-state index in [1.807, 2.05) is 49.5 Å². The van der Waals surface area contributed by atoms with Crippen molar-refractivity contribution in [2.45, 2.75) is 123 Å². The molecule has 6 heteroatoms. The number of hydrogen-bond donors (Lipinski definition) is 1. The Morgan fingerprint density at radius 3 is 1.80 bits per heavy atom. The van der Waals surface area contributed by atoms with Crippen molar-refractivity contribution in [1.29, 1.82) is 0 Å². The number of thiol groups is 1. The van der Waals surface area contributed by atoms with Gasteiger partial charge in [-0.25, -0.2) is 8.78 Å². The molecule has 0 saturated heterocycles. The molecule has 0 aliphatic rings. The van der Waals surface area contributed by atoms with Gasteiger partial charge in [0.1, 0.15) is 11.6 Å². The van der Waals surface area contributed by atoms with Crippen LogP contribution in [0.25, 0.3) is 47.5 Å². The monoisotopic (exact) mass is 748 g/mol. The number of benzene rings is 2. The zero-order valence-corrected chi connectivity index (χ0v) is 34.3. The molecule has 0 saturated carbocycles. The fraction of sp³-hybridized carbons (Fsp3) is 0.455. The van der Waals surface area contributed by atoms with Crippen molar-refractivity contribution >= 4 is 62.8 Å². The minimum absolute atomic E-state index is 0.302. The number of fused-ring (bicyclic) bond motifs is 1. The second kappa shape index (κ2) is 17.1. The predicted molar refractivity (Wildman–Crippen MR) is 224 cm³/mol. The summed E-state index contributed by atoms with van der Waals surface area (Å²) in [4.78, 5) is 6.70. The maximum Gasteiger partial charge on any atom is 0.132 e. The molecule has 0 N–H and O–H groups in total. The van der Waals surface area contributed by atoms with Crippen LogP contribution in [0.4, 0.5) is 8.78 Å². The van der Waals surface area contributed by atoms with Gasteiger partial charge in [-0.2, -0.15) is 0 Å². The first-order valence-electron chi connectivity index (χ1n) is 18.6. The van der Waals surface area contributed by atoms with Gasteiger partial charge in [0.05, 0.1) is 0 Å². The van der Waals surface area contributed by atoms with Crippen molar-refractivity contribution < 1.29 is 8.78 Å². The van der Waals surface area contributed by atoms with E-state index in [1.54, 1.807) is 11.3 Å². The van der Waals surface area contributed by atoms with Crippen molar-refractivity contribution in [2.24, 2.45) is 11.8 Å². The molecule has 3 heterocycles. The van der Waals surface area contributed by atoms with Crippen molar-refractivity contribution in [3.8, 4) is 31.3 Å². The summed E-state index contributed by atoms with van der Waals surface area (Å²) >= 11 is 10.5. The molecular formula is C44H54F2S4. The van der Waals surface area contributed by atoms with Crippen LogP contribution < -0.4 is 0 Å². The molecule has 268 valence electrons. The molecule has 0 aliphatic heterocycles. The molecule has 0 spiro atoms. The van der Waals surface area contributed by atoms with E-state index in [0.717, 1.165) is 54.3 Å². The van der Waals surface area contributed by atoms with Crippen LogP contribution in [0.3, 0.4) is 0 Å². The first kappa shape index (κ1) is 39.0. The van der Waals surface area contributed by atoms with Crippen LogP contribution in [-0.2, 0) is 18.3 Å². The van der Waals surface area contributed by atoms with Crippen molar-refractivity contribution in [3.05, 3.63) is 81.6 Å². The molecular weight excluding hydrogens is 695 g/mol. The van der Waals surface area contributed by atoms with E-state index in [4.69, 9.17) is 12.6 Å². The van der Waals surface area contributed by atoms with Gasteiger partial charge < -0.3 is 0 Å². The standard InChI is InChI=1S/C44H54F2S4/c1-9-14-16-27(11-3)22-29-18-20-37(48-29)40-33-25-39(32-24-36(46)34(26-35(32)45)44(6,7)8)50-43(33)41(31(13-5)42(40)47)38-21-19-30(49-38)23-28(12-4)17-15-10-2/h13,18-21,24-28,47H,5,9-12,14-17,22-23H2,1-4,6-8H3. The number of unbranched alkanes of at least 4 members (excludes halogenated alkanes) is 2. The van der Waals surface area contributed by atoms with Gasteiger partial charge in [0.2, 0.25) is 0 Å². The van der Waals surface area contributed by atoms with Gasteiger partial charge in [0.15, 0.2) is 0 Å². The van der Waals surface area contributed by atoms with E-state index < -0.39 is 11.2 Å². The molecule has 0 radical (unpaired) electrons. The third-order valence-corrected chi connectivity index (χ3v) is 14.1. The molecule has 0 amide bonds. The van der Waals surface area contributed by atoms with E-state index >= 15 is 8.78 Å². The van der Waals surface area contributed by atoms with Crippen LogP contribution in [0.15, 0.2) is 53.9 Å². The summed E-state index contributed by atoms with van der Waals surface area (Å²) in [6.07, 6.45) is 13.9. The molecule has 0 bridgehead atoms. The second-order valence-electron chi connectivity index (χ2n) is 14.9. The molecule has 0 aliphatic carbocycles. The van der Waals surface area contributed by atoms with E-state index in [1.165, 1.54) is 78.1 Å². The van der Waals surface area contributed by atoms with Gasteiger partial charge in [0.25, 0.3) is 0 Å². The number of halogens is 2. The van der Waals surface area contributed by atoms with Gasteiger partial charge in [-0.05, 0) is 83.7 Å². The van der Waals surface area contributed by atoms with E-state index in [2.05, 4.69) is 64.6 Å². The predicted octanol–water partition coefficient (Wildman–Crippen LogP) is 16.1. The summed E-state index contributed by atoms with van der Waals surface area (Å²) in [6, 6.07) is 13.9. The maximum absolute atomic E-state index is 16.0. The minimum Gasteiger partial charge on any atom is -0.207 e. The van der Waals surface area contributed by atoms with Crippen LogP contribution in [-0.4, -0.2) is 0 Å². The fourth-order valence-corrected chi connectivity index (χ4v) is 11.3. The average molecular weight is 749 g/mol. The summed E-state index contributed by atoms with van der Waals surface area (Å²) in [5.74, 6) is 0.578. The lowest BCUT2D eigenvalue weighted by Gasteiger charge is -2.20. The highest BCUT2D eigenvalue weighted by molar-refractivity contribution is 7.80. The highest BCUT2D eigenvalue weighted by Gasteiger charge is 2.26. The number of rotatable bonds is 16. The topological polar surface area (TPSA) is 0 Å². The molecule has 5 rings (SSSR count). The first-order chi connectivity index (χ1) is 23.9. The van der Waals surface area contributed by atoms with Gasteiger partial charge in [-0.15, -0.1) is 46.6 Å². The van der Waals surface area contributed by atoms with Gasteiger partial charge in [-0.3, -0.25) is 0 Å². The lowest BCUT2D eigenvalue weighted by Crippen LogP contribution is -2.14. The normalized spacial score (nSPS) is 13.3. The lowest BCUT2D eigenvalue weighted by molar-refractivity contribution is 0.452. The quantitative estimate of drug-likeness (QED) is 0.0955. The van der Waals surface area contributed by atoms with Gasteiger partial charge in [-0.1, -0.05) is 112 Å². The summed E-state index contributed by atoms with van der Waals surface area (Å²) in [5.41, 5.74) is 3.33. The zero-order valence-electron chi connectivity index (χ0n) is 31.0. The molecule has 0 nitrogen and oxygen atoms in total. The third-order valence-electron chi connectivity index (χ3n) is 10.2. The summed E-state index contributed by atoms with van der Waals surface area (Å²) < 4.78 is 32.6. The maximum atomic E-state index is 16.0. The molecule has 50 heavy (non-hydrogen) atoms. The SMILES string of the molecule is C=Cc1c(S)c(-c2ccc(CC(CC)CCCC)s2)c2cc(-c3cc(F)c(C(C)(C)C)cc3F)sc2c1-c1ccc(CC(CC)CCCC)s1. The van der Waals surface area contributed by atoms with Gasteiger partial charge in [0, 0.05) is 56.1 Å². The molecule has 2 aromatic carbocycles. The Morgan fingerprint density at radius 2 is 1.30 bits per heavy atom.